The molecule has 2 N–H and O–H groups in total. The van der Waals surface area contributed by atoms with Gasteiger partial charge in [0.05, 0.1) is 5.69 Å². The highest BCUT2D eigenvalue weighted by Crippen LogP contribution is 2.19. The third-order valence-electron chi connectivity index (χ3n) is 4.40. The summed E-state index contributed by atoms with van der Waals surface area (Å²) in [5.74, 6) is 1.07. The van der Waals surface area contributed by atoms with Gasteiger partial charge in [-0.25, -0.2) is 4.68 Å². The Labute approximate surface area is 178 Å². The van der Waals surface area contributed by atoms with Gasteiger partial charge in [0.25, 0.3) is 5.91 Å². The second kappa shape index (κ2) is 8.34. The zero-order valence-electron chi connectivity index (χ0n) is 16.4. The first-order valence-electron chi connectivity index (χ1n) is 9.29. The molecule has 30 heavy (non-hydrogen) atoms. The number of carbonyl (C=O) groups is 1. The first-order valence-corrected chi connectivity index (χ1v) is 9.67. The van der Waals surface area contributed by atoms with Gasteiger partial charge in [-0.15, -0.1) is 10.2 Å². The molecule has 0 fully saturated rings. The molecule has 4 aromatic rings. The smallest absolute Gasteiger partial charge is 0.255 e. The van der Waals surface area contributed by atoms with Gasteiger partial charge < -0.3 is 10.6 Å². The monoisotopic (exact) mass is 418 g/mol. The largest absolute Gasteiger partial charge is 0.339 e. The Morgan fingerprint density at radius 2 is 1.60 bits per heavy atom. The van der Waals surface area contributed by atoms with Crippen LogP contribution in [0.25, 0.3) is 5.82 Å². The van der Waals surface area contributed by atoms with E-state index in [4.69, 9.17) is 11.6 Å². The highest BCUT2D eigenvalue weighted by Gasteiger charge is 2.08. The normalized spacial score (nSPS) is 10.6. The molecule has 0 spiro atoms. The molecule has 8 heteroatoms. The van der Waals surface area contributed by atoms with Crippen LogP contribution in [-0.2, 0) is 0 Å². The molecule has 0 saturated carbocycles. The van der Waals surface area contributed by atoms with Crippen molar-refractivity contribution in [3.8, 4) is 5.82 Å². The lowest BCUT2D eigenvalue weighted by atomic mass is 10.2. The van der Waals surface area contributed by atoms with E-state index in [1.54, 1.807) is 28.9 Å². The molecule has 0 aliphatic rings. The predicted octanol–water partition coefficient (Wildman–Crippen LogP) is 4.93. The van der Waals surface area contributed by atoms with E-state index >= 15 is 0 Å². The van der Waals surface area contributed by atoms with E-state index in [9.17, 15) is 4.79 Å². The van der Waals surface area contributed by atoms with Crippen molar-refractivity contribution in [1.82, 2.24) is 20.0 Å². The van der Waals surface area contributed by atoms with Crippen molar-refractivity contribution < 1.29 is 4.79 Å². The quantitative estimate of drug-likeness (QED) is 0.480. The van der Waals surface area contributed by atoms with Gasteiger partial charge in [0.2, 0.25) is 0 Å². The number of amides is 1. The Morgan fingerprint density at radius 1 is 0.900 bits per heavy atom. The molecule has 2 aromatic heterocycles. The highest BCUT2D eigenvalue weighted by molar-refractivity contribution is 6.30. The fraction of sp³-hybridized carbons (Fsp3) is 0.0909. The molecule has 0 aliphatic heterocycles. The molecule has 0 aliphatic carbocycles. The molecule has 150 valence electrons. The number of rotatable bonds is 5. The lowest BCUT2D eigenvalue weighted by molar-refractivity contribution is 0.102. The number of aryl methyl sites for hydroxylation is 2. The minimum atomic E-state index is -0.196. The van der Waals surface area contributed by atoms with Gasteiger partial charge in [-0.05, 0) is 80.6 Å². The average molecular weight is 419 g/mol. The summed E-state index contributed by atoms with van der Waals surface area (Å²) in [6.45, 7) is 3.91. The Balaban J connectivity index is 1.40. The third kappa shape index (κ3) is 4.47. The van der Waals surface area contributed by atoms with Crippen LogP contribution in [0.1, 0.15) is 21.7 Å². The van der Waals surface area contributed by atoms with Crippen LogP contribution < -0.4 is 10.6 Å². The van der Waals surface area contributed by atoms with Gasteiger partial charge in [-0.2, -0.15) is 5.10 Å². The van der Waals surface area contributed by atoms with Crippen molar-refractivity contribution in [2.45, 2.75) is 13.8 Å². The van der Waals surface area contributed by atoms with Crippen LogP contribution >= 0.6 is 11.6 Å². The molecule has 0 bridgehead atoms. The molecule has 4 rings (SSSR count). The van der Waals surface area contributed by atoms with E-state index in [1.807, 2.05) is 56.3 Å². The second-order valence-corrected chi connectivity index (χ2v) is 7.22. The van der Waals surface area contributed by atoms with Gasteiger partial charge in [-0.3, -0.25) is 4.79 Å². The Hall–Kier alpha value is -3.71. The van der Waals surface area contributed by atoms with Crippen molar-refractivity contribution in [2.75, 3.05) is 10.6 Å². The molecule has 0 radical (unpaired) electrons. The third-order valence-corrected chi connectivity index (χ3v) is 4.65. The zero-order chi connectivity index (χ0) is 21.1. The van der Waals surface area contributed by atoms with Crippen molar-refractivity contribution >= 4 is 34.7 Å². The summed E-state index contributed by atoms with van der Waals surface area (Å²) in [6, 6.07) is 19.8. The van der Waals surface area contributed by atoms with E-state index in [2.05, 4.69) is 25.9 Å². The molecule has 2 aromatic carbocycles. The SMILES string of the molecule is Cc1cc(C)n(-c2ccc(Nc3ccc(NC(=O)c4ccc(Cl)cc4)cc3)nn2)n1. The summed E-state index contributed by atoms with van der Waals surface area (Å²) in [6.07, 6.45) is 0. The summed E-state index contributed by atoms with van der Waals surface area (Å²) >= 11 is 5.86. The summed E-state index contributed by atoms with van der Waals surface area (Å²) in [7, 11) is 0. The maximum atomic E-state index is 12.3. The van der Waals surface area contributed by atoms with Crippen LogP contribution in [0.3, 0.4) is 0 Å². The van der Waals surface area contributed by atoms with E-state index in [-0.39, 0.29) is 5.91 Å². The van der Waals surface area contributed by atoms with E-state index in [0.29, 0.717) is 27.9 Å². The number of benzene rings is 2. The van der Waals surface area contributed by atoms with E-state index < -0.39 is 0 Å². The van der Waals surface area contributed by atoms with Gasteiger partial charge in [-0.1, -0.05) is 11.6 Å². The zero-order valence-corrected chi connectivity index (χ0v) is 17.2. The maximum Gasteiger partial charge on any atom is 0.255 e. The number of hydrogen-bond donors (Lipinski definition) is 2. The van der Waals surface area contributed by atoms with Crippen molar-refractivity contribution in [1.29, 1.82) is 0 Å². The van der Waals surface area contributed by atoms with Gasteiger partial charge in [0.15, 0.2) is 11.6 Å². The van der Waals surface area contributed by atoms with Crippen LogP contribution in [0, 0.1) is 13.8 Å². The van der Waals surface area contributed by atoms with Crippen LogP contribution in [0.5, 0.6) is 0 Å². The minimum absolute atomic E-state index is 0.196. The molecular formula is C22H19ClN6O. The minimum Gasteiger partial charge on any atom is -0.339 e. The van der Waals surface area contributed by atoms with Crippen molar-refractivity contribution in [3.63, 3.8) is 0 Å². The number of nitrogens with one attached hydrogen (secondary N) is 2. The molecule has 0 unspecified atom stereocenters. The highest BCUT2D eigenvalue weighted by atomic mass is 35.5. The predicted molar refractivity (Wildman–Crippen MR) is 118 cm³/mol. The summed E-state index contributed by atoms with van der Waals surface area (Å²) in [5.41, 5.74) is 3.98. The summed E-state index contributed by atoms with van der Waals surface area (Å²) in [4.78, 5) is 12.3. The lowest BCUT2D eigenvalue weighted by Crippen LogP contribution is -2.11. The Kier molecular flexibility index (Phi) is 5.45. The van der Waals surface area contributed by atoms with E-state index in [0.717, 1.165) is 17.1 Å². The van der Waals surface area contributed by atoms with Crippen LogP contribution in [0.2, 0.25) is 5.02 Å². The fourth-order valence-electron chi connectivity index (χ4n) is 2.95. The average Bonchev–Trinajstić information content (AvgIpc) is 3.08. The standard InChI is InChI=1S/C22H19ClN6O/c1-14-13-15(2)29(28-14)21-12-11-20(26-27-21)24-18-7-9-19(10-8-18)25-22(30)16-3-5-17(23)6-4-16/h3-13H,1-2H3,(H,24,26)(H,25,30). The Morgan fingerprint density at radius 3 is 2.20 bits per heavy atom. The number of nitrogens with zero attached hydrogens (tertiary/aromatic N) is 4. The molecule has 1 amide bonds. The number of carbonyl (C=O) groups excluding carboxylic acids is 1. The maximum absolute atomic E-state index is 12.3. The Bertz CT molecular complexity index is 1170. The molecule has 0 atom stereocenters. The van der Waals surface area contributed by atoms with Gasteiger partial charge in [0.1, 0.15) is 0 Å². The van der Waals surface area contributed by atoms with Crippen LogP contribution in [-0.4, -0.2) is 25.9 Å². The molecule has 7 nitrogen and oxygen atoms in total. The number of hydrogen-bond acceptors (Lipinski definition) is 5. The molecule has 0 saturated heterocycles. The first kappa shape index (κ1) is 19.6. The van der Waals surface area contributed by atoms with E-state index in [1.165, 1.54) is 0 Å². The van der Waals surface area contributed by atoms with Gasteiger partial charge in [0, 0.05) is 27.7 Å². The van der Waals surface area contributed by atoms with Crippen molar-refractivity contribution in [3.05, 3.63) is 88.7 Å². The van der Waals surface area contributed by atoms with Gasteiger partial charge >= 0.3 is 0 Å². The topological polar surface area (TPSA) is 84.7 Å². The number of aromatic nitrogens is 4. The lowest BCUT2D eigenvalue weighted by Gasteiger charge is -2.09. The first-order chi connectivity index (χ1) is 14.5. The summed E-state index contributed by atoms with van der Waals surface area (Å²) in [5, 5.41) is 19.5. The number of halogens is 1. The summed E-state index contributed by atoms with van der Waals surface area (Å²) < 4.78 is 1.75. The fourth-order valence-corrected chi connectivity index (χ4v) is 3.08. The van der Waals surface area contributed by atoms with Crippen molar-refractivity contribution in [2.24, 2.45) is 0 Å². The van der Waals surface area contributed by atoms with Crippen LogP contribution in [0.4, 0.5) is 17.2 Å². The second-order valence-electron chi connectivity index (χ2n) is 6.78. The number of anilines is 3. The molecular weight excluding hydrogens is 400 g/mol. The molecule has 2 heterocycles. The van der Waals surface area contributed by atoms with Crippen LogP contribution in [0.15, 0.2) is 66.7 Å².